The van der Waals surface area contributed by atoms with Gasteiger partial charge in [-0.3, -0.25) is 9.78 Å². The molecule has 3 rings (SSSR count). The van der Waals surface area contributed by atoms with Crippen LogP contribution in [0.3, 0.4) is 0 Å². The Kier molecular flexibility index (Phi) is 5.47. The summed E-state index contributed by atoms with van der Waals surface area (Å²) in [5.41, 5.74) is 0.792. The lowest BCUT2D eigenvalue weighted by atomic mass is 10.2. The Hall–Kier alpha value is -2.35. The number of halogens is 1. The normalized spacial score (nSPS) is 20.2. The maximum absolute atomic E-state index is 13.0. The van der Waals surface area contributed by atoms with E-state index in [9.17, 15) is 9.18 Å². The highest BCUT2D eigenvalue weighted by atomic mass is 19.1. The number of hydrogen-bond donors (Lipinski definition) is 2. The summed E-state index contributed by atoms with van der Waals surface area (Å²) >= 11 is 0. The Balaban J connectivity index is 1.37. The Bertz CT molecular complexity index is 663. The molecule has 0 aromatic carbocycles. The lowest BCUT2D eigenvalue weighted by Crippen LogP contribution is -2.37. The molecule has 0 spiro atoms. The molecule has 0 aliphatic carbocycles. The Morgan fingerprint density at radius 2 is 2.42 bits per heavy atom. The van der Waals surface area contributed by atoms with Gasteiger partial charge in [0.2, 0.25) is 17.6 Å². The lowest BCUT2D eigenvalue weighted by Gasteiger charge is -2.10. The van der Waals surface area contributed by atoms with Gasteiger partial charge in [0.15, 0.2) is 0 Å². The van der Waals surface area contributed by atoms with Gasteiger partial charge in [0, 0.05) is 49.9 Å². The third kappa shape index (κ3) is 4.58. The van der Waals surface area contributed by atoms with E-state index in [4.69, 9.17) is 4.52 Å². The van der Waals surface area contributed by atoms with Crippen LogP contribution in [-0.2, 0) is 11.2 Å². The third-order valence-electron chi connectivity index (χ3n) is 3.90. The van der Waals surface area contributed by atoms with Crippen molar-refractivity contribution in [1.29, 1.82) is 0 Å². The standard InChI is InChI=1S/C16H20FN5O2/c17-12-7-13(19-9-12)10-20-14(23)4-1-5-15-21-16(22-24-15)11-3-2-6-18-8-11/h2-3,6,8,12-13,19H,1,4-5,7,9-10H2,(H,20,23)/t12-,13-/m0/s1. The minimum atomic E-state index is -0.807. The van der Waals surface area contributed by atoms with Crippen LogP contribution in [0.4, 0.5) is 4.39 Å². The first-order chi connectivity index (χ1) is 11.7. The quantitative estimate of drug-likeness (QED) is 0.793. The summed E-state index contributed by atoms with van der Waals surface area (Å²) in [7, 11) is 0. The number of aromatic nitrogens is 3. The first-order valence-corrected chi connectivity index (χ1v) is 8.08. The van der Waals surface area contributed by atoms with E-state index in [1.807, 2.05) is 6.07 Å². The molecule has 2 aromatic heterocycles. The van der Waals surface area contributed by atoms with Gasteiger partial charge in [-0.05, 0) is 25.0 Å². The minimum absolute atomic E-state index is 0.0296. The third-order valence-corrected chi connectivity index (χ3v) is 3.90. The topological polar surface area (TPSA) is 92.9 Å². The number of amides is 1. The van der Waals surface area contributed by atoms with Gasteiger partial charge in [-0.15, -0.1) is 0 Å². The van der Waals surface area contributed by atoms with Crippen LogP contribution in [0.15, 0.2) is 29.0 Å². The molecular weight excluding hydrogens is 313 g/mol. The zero-order valence-electron chi connectivity index (χ0n) is 13.2. The van der Waals surface area contributed by atoms with E-state index in [0.717, 1.165) is 5.56 Å². The molecule has 1 aliphatic heterocycles. The highest BCUT2D eigenvalue weighted by Gasteiger charge is 2.23. The zero-order chi connectivity index (χ0) is 16.8. The van der Waals surface area contributed by atoms with Crippen molar-refractivity contribution in [2.75, 3.05) is 13.1 Å². The van der Waals surface area contributed by atoms with Crippen LogP contribution in [0, 0.1) is 0 Å². The van der Waals surface area contributed by atoms with Gasteiger partial charge in [0.1, 0.15) is 6.17 Å². The van der Waals surface area contributed by atoms with Gasteiger partial charge in [-0.2, -0.15) is 4.98 Å². The van der Waals surface area contributed by atoms with Crippen LogP contribution in [-0.4, -0.2) is 46.3 Å². The van der Waals surface area contributed by atoms with Crippen LogP contribution >= 0.6 is 0 Å². The number of rotatable bonds is 7. The van der Waals surface area contributed by atoms with Gasteiger partial charge >= 0.3 is 0 Å². The van der Waals surface area contributed by atoms with Gasteiger partial charge in [-0.25, -0.2) is 4.39 Å². The predicted molar refractivity (Wildman–Crippen MR) is 84.8 cm³/mol. The molecule has 1 fully saturated rings. The highest BCUT2D eigenvalue weighted by molar-refractivity contribution is 5.75. The molecule has 0 radical (unpaired) electrons. The van der Waals surface area contributed by atoms with Crippen molar-refractivity contribution in [1.82, 2.24) is 25.8 Å². The second-order valence-corrected chi connectivity index (χ2v) is 5.85. The fourth-order valence-corrected chi connectivity index (χ4v) is 2.62. The summed E-state index contributed by atoms with van der Waals surface area (Å²) in [5, 5.41) is 9.76. The molecule has 1 aliphatic rings. The van der Waals surface area contributed by atoms with Gasteiger partial charge < -0.3 is 15.2 Å². The van der Waals surface area contributed by atoms with Crippen molar-refractivity contribution in [2.45, 2.75) is 37.9 Å². The molecule has 7 nitrogen and oxygen atoms in total. The van der Waals surface area contributed by atoms with E-state index in [-0.39, 0.29) is 11.9 Å². The number of alkyl halides is 1. The maximum atomic E-state index is 13.0. The van der Waals surface area contributed by atoms with Crippen LogP contribution in [0.1, 0.15) is 25.2 Å². The molecule has 1 saturated heterocycles. The Morgan fingerprint density at radius 3 is 3.17 bits per heavy atom. The Morgan fingerprint density at radius 1 is 1.50 bits per heavy atom. The Labute approximate surface area is 139 Å². The molecular formula is C16H20FN5O2. The van der Waals surface area contributed by atoms with Crippen molar-refractivity contribution < 1.29 is 13.7 Å². The molecule has 8 heteroatoms. The monoisotopic (exact) mass is 333 g/mol. The highest BCUT2D eigenvalue weighted by Crippen LogP contribution is 2.14. The molecule has 2 aromatic rings. The van der Waals surface area contributed by atoms with Crippen LogP contribution < -0.4 is 10.6 Å². The van der Waals surface area contributed by atoms with Crippen molar-refractivity contribution >= 4 is 5.91 Å². The number of nitrogens with one attached hydrogen (secondary N) is 2. The average molecular weight is 333 g/mol. The second-order valence-electron chi connectivity index (χ2n) is 5.85. The summed E-state index contributed by atoms with van der Waals surface area (Å²) in [5.74, 6) is 0.945. The number of pyridine rings is 1. The van der Waals surface area contributed by atoms with Crippen molar-refractivity contribution in [2.24, 2.45) is 0 Å². The molecule has 0 bridgehead atoms. The minimum Gasteiger partial charge on any atom is -0.355 e. The SMILES string of the molecule is O=C(CCCc1nc(-c2cccnc2)no1)NC[C@@H]1C[C@H](F)CN1. The van der Waals surface area contributed by atoms with E-state index < -0.39 is 6.17 Å². The molecule has 0 unspecified atom stereocenters. The van der Waals surface area contributed by atoms with Crippen LogP contribution in [0.25, 0.3) is 11.4 Å². The van der Waals surface area contributed by atoms with E-state index in [2.05, 4.69) is 25.8 Å². The summed E-state index contributed by atoms with van der Waals surface area (Å²) in [4.78, 5) is 20.1. The predicted octanol–water partition coefficient (Wildman–Crippen LogP) is 1.27. The largest absolute Gasteiger partial charge is 0.355 e. The van der Waals surface area contributed by atoms with Gasteiger partial charge in [0.05, 0.1) is 0 Å². The summed E-state index contributed by atoms with van der Waals surface area (Å²) in [6, 6.07) is 3.69. The molecule has 2 N–H and O–H groups in total. The smallest absolute Gasteiger partial charge is 0.226 e. The molecule has 3 heterocycles. The number of hydrogen-bond acceptors (Lipinski definition) is 6. The summed E-state index contributed by atoms with van der Waals surface area (Å²) < 4.78 is 18.2. The first kappa shape index (κ1) is 16.5. The van der Waals surface area contributed by atoms with Crippen molar-refractivity contribution in [3.8, 4) is 11.4 Å². The molecule has 128 valence electrons. The molecule has 0 saturated carbocycles. The molecule has 1 amide bonds. The van der Waals surface area contributed by atoms with Crippen molar-refractivity contribution in [3.05, 3.63) is 30.4 Å². The zero-order valence-corrected chi connectivity index (χ0v) is 13.2. The van der Waals surface area contributed by atoms with Crippen LogP contribution in [0.2, 0.25) is 0 Å². The fraction of sp³-hybridized carbons (Fsp3) is 0.500. The van der Waals surface area contributed by atoms with E-state index >= 15 is 0 Å². The van der Waals surface area contributed by atoms with E-state index in [0.29, 0.717) is 50.5 Å². The van der Waals surface area contributed by atoms with Crippen molar-refractivity contribution in [3.63, 3.8) is 0 Å². The number of aryl methyl sites for hydroxylation is 1. The number of carbonyl (C=O) groups excluding carboxylic acids is 1. The number of nitrogens with zero attached hydrogens (tertiary/aromatic N) is 3. The summed E-state index contributed by atoms with van der Waals surface area (Å²) in [6.45, 7) is 0.835. The maximum Gasteiger partial charge on any atom is 0.226 e. The van der Waals surface area contributed by atoms with Gasteiger partial charge in [0.25, 0.3) is 0 Å². The second kappa shape index (κ2) is 7.96. The lowest BCUT2D eigenvalue weighted by molar-refractivity contribution is -0.121. The van der Waals surface area contributed by atoms with Crippen LogP contribution in [0.5, 0.6) is 0 Å². The number of carbonyl (C=O) groups is 1. The fourth-order valence-electron chi connectivity index (χ4n) is 2.62. The summed E-state index contributed by atoms with van der Waals surface area (Å²) in [6.07, 6.45) is 4.52. The first-order valence-electron chi connectivity index (χ1n) is 8.08. The average Bonchev–Trinajstić information content (AvgIpc) is 3.23. The van der Waals surface area contributed by atoms with E-state index in [1.165, 1.54) is 0 Å². The molecule has 24 heavy (non-hydrogen) atoms. The van der Waals surface area contributed by atoms with E-state index in [1.54, 1.807) is 18.5 Å². The molecule has 2 atom stereocenters. The van der Waals surface area contributed by atoms with Gasteiger partial charge in [-0.1, -0.05) is 5.16 Å².